The molecular formula is C17H37O3P. The molecule has 0 saturated carbocycles. The van der Waals surface area contributed by atoms with Gasteiger partial charge in [-0.25, -0.2) is 0 Å². The lowest BCUT2D eigenvalue weighted by Gasteiger charge is -2.30. The highest BCUT2D eigenvalue weighted by atomic mass is 31.2. The molecule has 0 heterocycles. The first-order valence-corrected chi connectivity index (χ1v) is 9.55. The van der Waals surface area contributed by atoms with Crippen molar-refractivity contribution in [2.24, 2.45) is 0 Å². The maximum Gasteiger partial charge on any atom is 0.333 e. The summed E-state index contributed by atoms with van der Waals surface area (Å²) in [7, 11) is -1.27. The summed E-state index contributed by atoms with van der Waals surface area (Å²) in [5.74, 6) is 0. The van der Waals surface area contributed by atoms with Gasteiger partial charge >= 0.3 is 8.60 Å². The molecule has 3 nitrogen and oxygen atoms in total. The zero-order valence-electron chi connectivity index (χ0n) is 15.3. The smallest absolute Gasteiger partial charge is 0.312 e. The fourth-order valence-corrected chi connectivity index (χ4v) is 3.03. The van der Waals surface area contributed by atoms with Gasteiger partial charge in [0.15, 0.2) is 0 Å². The van der Waals surface area contributed by atoms with E-state index < -0.39 is 8.60 Å². The Labute approximate surface area is 134 Å². The molecule has 128 valence electrons. The van der Waals surface area contributed by atoms with Crippen molar-refractivity contribution < 1.29 is 13.6 Å². The highest BCUT2D eigenvalue weighted by molar-refractivity contribution is 7.41. The quantitative estimate of drug-likeness (QED) is 0.316. The van der Waals surface area contributed by atoms with E-state index in [1.165, 1.54) is 38.5 Å². The first-order valence-electron chi connectivity index (χ1n) is 8.45. The largest absolute Gasteiger partial charge is 0.333 e. The second-order valence-corrected chi connectivity index (χ2v) is 8.66. The molecule has 0 amide bonds. The van der Waals surface area contributed by atoms with Crippen molar-refractivity contribution in [1.82, 2.24) is 0 Å². The van der Waals surface area contributed by atoms with Gasteiger partial charge in [-0.1, -0.05) is 45.4 Å². The van der Waals surface area contributed by atoms with Gasteiger partial charge in [-0.2, -0.15) is 0 Å². The van der Waals surface area contributed by atoms with Gasteiger partial charge in [0, 0.05) is 0 Å². The Kier molecular flexibility index (Phi) is 11.1. The summed E-state index contributed by atoms with van der Waals surface area (Å²) in [6.07, 6.45) is 9.01. The van der Waals surface area contributed by atoms with Crippen LogP contribution in [0.2, 0.25) is 0 Å². The Bertz CT molecular complexity index is 227. The molecule has 0 radical (unpaired) electrons. The summed E-state index contributed by atoms with van der Waals surface area (Å²) in [5.41, 5.74) is -0.478. The SMILES string of the molecule is CCCCCCCCCOP(OC(C)(C)C)OC(C)(C)C. The molecule has 0 fully saturated rings. The molecule has 0 aromatic carbocycles. The molecule has 0 rings (SSSR count). The minimum atomic E-state index is -1.27. The molecule has 0 aliphatic heterocycles. The molecule has 0 unspecified atom stereocenters. The van der Waals surface area contributed by atoms with Crippen LogP contribution >= 0.6 is 8.60 Å². The molecule has 0 atom stereocenters. The van der Waals surface area contributed by atoms with E-state index in [1.54, 1.807) is 0 Å². The van der Waals surface area contributed by atoms with E-state index in [2.05, 4.69) is 6.92 Å². The fraction of sp³-hybridized carbons (Fsp3) is 1.00. The average molecular weight is 320 g/mol. The Hall–Kier alpha value is 0.310. The van der Waals surface area contributed by atoms with E-state index in [-0.39, 0.29) is 11.2 Å². The van der Waals surface area contributed by atoms with Gasteiger partial charge in [-0.05, 0) is 48.0 Å². The lowest BCUT2D eigenvalue weighted by molar-refractivity contribution is 0.0325. The van der Waals surface area contributed by atoms with Crippen LogP contribution in [-0.2, 0) is 13.6 Å². The maximum atomic E-state index is 5.89. The van der Waals surface area contributed by atoms with Gasteiger partial charge in [-0.15, -0.1) is 0 Å². The number of hydrogen-bond donors (Lipinski definition) is 0. The van der Waals surface area contributed by atoms with Crippen LogP contribution in [0.25, 0.3) is 0 Å². The van der Waals surface area contributed by atoms with Gasteiger partial charge in [0.05, 0.1) is 17.8 Å². The summed E-state index contributed by atoms with van der Waals surface area (Å²) in [6, 6.07) is 0. The molecule has 0 aliphatic carbocycles. The van der Waals surface area contributed by atoms with E-state index in [9.17, 15) is 0 Å². The summed E-state index contributed by atoms with van der Waals surface area (Å²) in [5, 5.41) is 0. The van der Waals surface area contributed by atoms with Gasteiger partial charge in [0.2, 0.25) is 0 Å². The number of unbranched alkanes of at least 4 members (excludes halogenated alkanes) is 6. The van der Waals surface area contributed by atoms with Crippen LogP contribution in [0, 0.1) is 0 Å². The van der Waals surface area contributed by atoms with Crippen LogP contribution in [-0.4, -0.2) is 17.8 Å². The molecule has 0 aromatic heterocycles. The van der Waals surface area contributed by atoms with Gasteiger partial charge in [-0.3, -0.25) is 0 Å². The van der Waals surface area contributed by atoms with Crippen LogP contribution in [0.3, 0.4) is 0 Å². The Morgan fingerprint density at radius 3 is 1.52 bits per heavy atom. The molecule has 21 heavy (non-hydrogen) atoms. The van der Waals surface area contributed by atoms with Gasteiger partial charge in [0.1, 0.15) is 0 Å². The van der Waals surface area contributed by atoms with Crippen molar-refractivity contribution in [3.8, 4) is 0 Å². The first kappa shape index (κ1) is 21.3. The molecule has 0 bridgehead atoms. The summed E-state index contributed by atoms with van der Waals surface area (Å²) < 4.78 is 17.6. The van der Waals surface area contributed by atoms with Crippen LogP contribution in [0.5, 0.6) is 0 Å². The standard InChI is InChI=1S/C17H37O3P/c1-8-9-10-11-12-13-14-15-18-21(19-16(2,3)4)20-17(5,6)7/h8-15H2,1-7H3. The summed E-state index contributed by atoms with van der Waals surface area (Å²) in [6.45, 7) is 15.2. The summed E-state index contributed by atoms with van der Waals surface area (Å²) >= 11 is 0. The number of rotatable bonds is 11. The van der Waals surface area contributed by atoms with Crippen LogP contribution < -0.4 is 0 Å². The lowest BCUT2D eigenvalue weighted by Crippen LogP contribution is -2.22. The van der Waals surface area contributed by atoms with Crippen LogP contribution in [0.15, 0.2) is 0 Å². The predicted molar refractivity (Wildman–Crippen MR) is 92.5 cm³/mol. The third-order valence-electron chi connectivity index (χ3n) is 2.64. The fourth-order valence-electron chi connectivity index (χ4n) is 1.72. The van der Waals surface area contributed by atoms with Gasteiger partial charge in [0.25, 0.3) is 0 Å². The van der Waals surface area contributed by atoms with E-state index in [0.717, 1.165) is 13.0 Å². The summed E-state index contributed by atoms with van der Waals surface area (Å²) in [4.78, 5) is 0. The van der Waals surface area contributed by atoms with E-state index in [1.807, 2.05) is 41.5 Å². The van der Waals surface area contributed by atoms with Crippen molar-refractivity contribution in [3.63, 3.8) is 0 Å². The van der Waals surface area contributed by atoms with Crippen molar-refractivity contribution in [1.29, 1.82) is 0 Å². The zero-order chi connectivity index (χ0) is 16.4. The Morgan fingerprint density at radius 1 is 0.667 bits per heavy atom. The molecule has 4 heteroatoms. The van der Waals surface area contributed by atoms with Crippen molar-refractivity contribution in [2.75, 3.05) is 6.61 Å². The van der Waals surface area contributed by atoms with E-state index >= 15 is 0 Å². The molecular weight excluding hydrogens is 283 g/mol. The van der Waals surface area contributed by atoms with Crippen molar-refractivity contribution in [3.05, 3.63) is 0 Å². The molecule has 0 saturated heterocycles. The van der Waals surface area contributed by atoms with E-state index in [4.69, 9.17) is 13.6 Å². The maximum absolute atomic E-state index is 5.89. The highest BCUT2D eigenvalue weighted by Crippen LogP contribution is 2.47. The molecule has 0 N–H and O–H groups in total. The number of hydrogen-bond acceptors (Lipinski definition) is 3. The third kappa shape index (κ3) is 16.5. The molecule has 0 aromatic rings. The second-order valence-electron chi connectivity index (χ2n) is 7.59. The average Bonchev–Trinajstić information content (AvgIpc) is 2.28. The minimum absolute atomic E-state index is 0.239. The Morgan fingerprint density at radius 2 is 1.10 bits per heavy atom. The predicted octanol–water partition coefficient (Wildman–Crippen LogP) is 6.61. The Balaban J connectivity index is 3.86. The monoisotopic (exact) mass is 320 g/mol. The van der Waals surface area contributed by atoms with Crippen LogP contribution in [0.4, 0.5) is 0 Å². The lowest BCUT2D eigenvalue weighted by atomic mass is 10.1. The normalized spacial score (nSPS) is 13.1. The van der Waals surface area contributed by atoms with Gasteiger partial charge < -0.3 is 13.6 Å². The van der Waals surface area contributed by atoms with Crippen molar-refractivity contribution in [2.45, 2.75) is 105 Å². The third-order valence-corrected chi connectivity index (χ3v) is 4.43. The highest BCUT2D eigenvalue weighted by Gasteiger charge is 2.26. The van der Waals surface area contributed by atoms with E-state index in [0.29, 0.717) is 0 Å². The second kappa shape index (κ2) is 10.9. The van der Waals surface area contributed by atoms with Crippen LogP contribution in [0.1, 0.15) is 93.4 Å². The minimum Gasteiger partial charge on any atom is -0.312 e. The molecule has 0 spiro atoms. The first-order chi connectivity index (χ1) is 9.64. The zero-order valence-corrected chi connectivity index (χ0v) is 16.2. The van der Waals surface area contributed by atoms with Crippen molar-refractivity contribution >= 4 is 8.60 Å². The topological polar surface area (TPSA) is 27.7 Å². The molecule has 0 aliphatic rings.